The van der Waals surface area contributed by atoms with Gasteiger partial charge in [-0.05, 0) is 13.0 Å². The maximum absolute atomic E-state index is 11.0. The van der Waals surface area contributed by atoms with Gasteiger partial charge in [-0.2, -0.15) is 0 Å². The van der Waals surface area contributed by atoms with Crippen LogP contribution in [-0.2, 0) is 15.8 Å². The van der Waals surface area contributed by atoms with Gasteiger partial charge < -0.3 is 0 Å². The standard InChI is InChI=1S/C7H8N2O2S/c1-5-2-3-6-4-12(10,11)9-7(6)8-5/h2-3H,4H2,1H3,(H,8,9). The fourth-order valence-electron chi connectivity index (χ4n) is 1.18. The molecule has 4 nitrogen and oxygen atoms in total. The zero-order chi connectivity index (χ0) is 8.77. The summed E-state index contributed by atoms with van der Waals surface area (Å²) in [5, 5.41) is 0. The smallest absolute Gasteiger partial charge is 0.238 e. The Morgan fingerprint density at radius 3 is 3.00 bits per heavy atom. The molecule has 1 aliphatic heterocycles. The van der Waals surface area contributed by atoms with Crippen molar-refractivity contribution in [2.24, 2.45) is 0 Å². The molecule has 0 unspecified atom stereocenters. The van der Waals surface area contributed by atoms with Gasteiger partial charge >= 0.3 is 0 Å². The van der Waals surface area contributed by atoms with E-state index in [1.54, 1.807) is 12.1 Å². The highest BCUT2D eigenvalue weighted by Crippen LogP contribution is 2.24. The Morgan fingerprint density at radius 2 is 2.25 bits per heavy atom. The normalized spacial score (nSPS) is 18.4. The van der Waals surface area contributed by atoms with Crippen LogP contribution in [0.2, 0.25) is 0 Å². The van der Waals surface area contributed by atoms with Crippen molar-refractivity contribution >= 4 is 15.8 Å². The highest BCUT2D eigenvalue weighted by molar-refractivity contribution is 7.92. The predicted octanol–water partition coefficient (Wildman–Crippen LogP) is 0.645. The molecule has 0 bridgehead atoms. The van der Waals surface area contributed by atoms with Crippen LogP contribution in [-0.4, -0.2) is 13.4 Å². The minimum absolute atomic E-state index is 0.0512. The van der Waals surface area contributed by atoms with E-state index in [4.69, 9.17) is 0 Å². The average molecular weight is 184 g/mol. The Bertz CT molecular complexity index is 425. The first-order valence-electron chi connectivity index (χ1n) is 3.54. The summed E-state index contributed by atoms with van der Waals surface area (Å²) in [6.45, 7) is 1.83. The maximum Gasteiger partial charge on any atom is 0.238 e. The van der Waals surface area contributed by atoms with Crippen LogP contribution in [0.25, 0.3) is 0 Å². The summed E-state index contributed by atoms with van der Waals surface area (Å²) in [7, 11) is -3.13. The highest BCUT2D eigenvalue weighted by atomic mass is 32.2. The molecule has 0 aliphatic carbocycles. The Kier molecular flexibility index (Phi) is 1.38. The number of sulfonamides is 1. The van der Waals surface area contributed by atoms with E-state index < -0.39 is 10.0 Å². The molecule has 2 rings (SSSR count). The molecule has 0 aromatic carbocycles. The van der Waals surface area contributed by atoms with Gasteiger partial charge in [0, 0.05) is 11.3 Å². The molecule has 0 atom stereocenters. The number of fused-ring (bicyclic) bond motifs is 1. The minimum Gasteiger partial charge on any atom is -0.267 e. The molecular weight excluding hydrogens is 176 g/mol. The molecule has 0 fully saturated rings. The lowest BCUT2D eigenvalue weighted by Gasteiger charge is -1.96. The molecule has 0 radical (unpaired) electrons. The van der Waals surface area contributed by atoms with Gasteiger partial charge in [0.25, 0.3) is 0 Å². The van der Waals surface area contributed by atoms with Crippen LogP contribution in [0.15, 0.2) is 12.1 Å². The quantitative estimate of drug-likeness (QED) is 0.643. The number of pyridine rings is 1. The van der Waals surface area contributed by atoms with Crippen molar-refractivity contribution in [1.29, 1.82) is 0 Å². The summed E-state index contributed by atoms with van der Waals surface area (Å²) in [5.74, 6) is 0.533. The van der Waals surface area contributed by atoms with Crippen molar-refractivity contribution in [3.63, 3.8) is 0 Å². The van der Waals surface area contributed by atoms with Crippen LogP contribution in [0.4, 0.5) is 5.82 Å². The Labute approximate surface area is 70.7 Å². The molecule has 1 aliphatic rings. The summed E-state index contributed by atoms with van der Waals surface area (Å²) in [5.41, 5.74) is 1.57. The van der Waals surface area contributed by atoms with E-state index in [0.717, 1.165) is 11.3 Å². The number of anilines is 1. The van der Waals surface area contributed by atoms with Gasteiger partial charge in [-0.15, -0.1) is 0 Å². The number of nitrogens with one attached hydrogen (secondary N) is 1. The van der Waals surface area contributed by atoms with E-state index in [2.05, 4.69) is 9.71 Å². The average Bonchev–Trinajstić information content (AvgIpc) is 2.21. The van der Waals surface area contributed by atoms with Crippen LogP contribution in [0, 0.1) is 6.92 Å². The van der Waals surface area contributed by atoms with Crippen molar-refractivity contribution < 1.29 is 8.42 Å². The molecule has 2 heterocycles. The largest absolute Gasteiger partial charge is 0.267 e. The maximum atomic E-state index is 11.0. The van der Waals surface area contributed by atoms with Gasteiger partial charge in [0.15, 0.2) is 0 Å². The third-order valence-electron chi connectivity index (χ3n) is 1.72. The second kappa shape index (κ2) is 2.20. The zero-order valence-electron chi connectivity index (χ0n) is 6.53. The predicted molar refractivity (Wildman–Crippen MR) is 45.2 cm³/mol. The molecule has 0 saturated heterocycles. The lowest BCUT2D eigenvalue weighted by Crippen LogP contribution is -2.06. The van der Waals surface area contributed by atoms with Crippen molar-refractivity contribution in [2.75, 3.05) is 4.72 Å². The number of nitrogens with zero attached hydrogens (tertiary/aromatic N) is 1. The fourth-order valence-corrected chi connectivity index (χ4v) is 2.36. The van der Waals surface area contributed by atoms with Gasteiger partial charge in [0.1, 0.15) is 5.82 Å². The molecule has 12 heavy (non-hydrogen) atoms. The SMILES string of the molecule is Cc1ccc2c(n1)NS(=O)(=O)C2. The van der Waals surface area contributed by atoms with Crippen molar-refractivity contribution in [3.05, 3.63) is 23.4 Å². The first kappa shape index (κ1) is 7.54. The highest BCUT2D eigenvalue weighted by Gasteiger charge is 2.24. The summed E-state index contributed by atoms with van der Waals surface area (Å²) in [6.07, 6.45) is 0. The molecule has 1 aromatic rings. The first-order chi connectivity index (χ1) is 5.57. The second-order valence-corrected chi connectivity index (χ2v) is 4.54. The Balaban J connectivity index is 2.56. The molecule has 0 saturated carbocycles. The summed E-state index contributed by atoms with van der Waals surface area (Å²) >= 11 is 0. The first-order valence-corrected chi connectivity index (χ1v) is 5.19. The summed E-state index contributed by atoms with van der Waals surface area (Å²) < 4.78 is 24.5. The number of aryl methyl sites for hydroxylation is 1. The second-order valence-electron chi connectivity index (χ2n) is 2.82. The van der Waals surface area contributed by atoms with E-state index in [0.29, 0.717) is 5.82 Å². The van der Waals surface area contributed by atoms with Crippen LogP contribution in [0.1, 0.15) is 11.3 Å². The zero-order valence-corrected chi connectivity index (χ0v) is 7.35. The molecule has 0 amide bonds. The molecule has 1 aromatic heterocycles. The van der Waals surface area contributed by atoms with E-state index in [1.807, 2.05) is 6.92 Å². The van der Waals surface area contributed by atoms with Gasteiger partial charge in [0.2, 0.25) is 10.0 Å². The molecule has 5 heteroatoms. The van der Waals surface area contributed by atoms with Crippen molar-refractivity contribution in [2.45, 2.75) is 12.7 Å². The Morgan fingerprint density at radius 1 is 1.50 bits per heavy atom. The third kappa shape index (κ3) is 1.16. The van der Waals surface area contributed by atoms with Gasteiger partial charge in [-0.25, -0.2) is 13.4 Å². The van der Waals surface area contributed by atoms with E-state index in [9.17, 15) is 8.42 Å². The summed E-state index contributed by atoms with van der Waals surface area (Å²) in [6, 6.07) is 3.59. The van der Waals surface area contributed by atoms with E-state index >= 15 is 0 Å². The monoisotopic (exact) mass is 184 g/mol. The van der Waals surface area contributed by atoms with Crippen LogP contribution in [0.3, 0.4) is 0 Å². The van der Waals surface area contributed by atoms with Gasteiger partial charge in [-0.1, -0.05) is 6.07 Å². The number of hydrogen-bond donors (Lipinski definition) is 1. The molecule has 0 spiro atoms. The van der Waals surface area contributed by atoms with Crippen molar-refractivity contribution in [3.8, 4) is 0 Å². The molecule has 1 N–H and O–H groups in total. The van der Waals surface area contributed by atoms with Crippen molar-refractivity contribution in [1.82, 2.24) is 4.98 Å². The lowest BCUT2D eigenvalue weighted by atomic mass is 10.2. The van der Waals surface area contributed by atoms with Gasteiger partial charge in [0.05, 0.1) is 5.75 Å². The summed E-state index contributed by atoms with van der Waals surface area (Å²) in [4.78, 5) is 4.06. The van der Waals surface area contributed by atoms with Gasteiger partial charge in [-0.3, -0.25) is 4.72 Å². The Hall–Kier alpha value is -1.10. The lowest BCUT2D eigenvalue weighted by molar-refractivity contribution is 0.602. The van der Waals surface area contributed by atoms with E-state index in [-0.39, 0.29) is 5.75 Å². The molecular formula is C7H8N2O2S. The van der Waals surface area contributed by atoms with E-state index in [1.165, 1.54) is 0 Å². The third-order valence-corrected chi connectivity index (χ3v) is 2.91. The number of rotatable bonds is 0. The minimum atomic E-state index is -3.13. The molecule has 64 valence electrons. The van der Waals surface area contributed by atoms with Crippen LogP contribution >= 0.6 is 0 Å². The van der Waals surface area contributed by atoms with Crippen LogP contribution in [0.5, 0.6) is 0 Å². The van der Waals surface area contributed by atoms with Crippen LogP contribution < -0.4 is 4.72 Å². The fraction of sp³-hybridized carbons (Fsp3) is 0.286. The number of hydrogen-bond acceptors (Lipinski definition) is 3. The topological polar surface area (TPSA) is 59.1 Å². The number of aromatic nitrogens is 1.